The molecule has 1 aromatic heterocycles. The number of nitrogen functional groups attached to an aromatic ring is 1. The van der Waals surface area contributed by atoms with Crippen LogP contribution in [0.5, 0.6) is 0 Å². The number of hydrogen-bond acceptors (Lipinski definition) is 6. The van der Waals surface area contributed by atoms with Gasteiger partial charge in [-0.1, -0.05) is 30.3 Å². The molecule has 0 saturated heterocycles. The van der Waals surface area contributed by atoms with E-state index in [-0.39, 0.29) is 42.4 Å². The molecule has 0 fully saturated rings. The number of hydrogen-bond donors (Lipinski definition) is 5. The Morgan fingerprint density at radius 1 is 1.29 bits per heavy atom. The van der Waals surface area contributed by atoms with Crippen molar-refractivity contribution < 1.29 is 5.11 Å². The van der Waals surface area contributed by atoms with E-state index in [2.05, 4.69) is 20.6 Å². The van der Waals surface area contributed by atoms with E-state index in [0.29, 0.717) is 24.5 Å². The molecule has 1 aliphatic rings. The van der Waals surface area contributed by atoms with Crippen molar-refractivity contribution in [3.8, 4) is 0 Å². The van der Waals surface area contributed by atoms with Crippen LogP contribution in [0.1, 0.15) is 12.0 Å². The first-order valence-corrected chi connectivity index (χ1v) is 7.25. The third-order valence-electron chi connectivity index (χ3n) is 3.79. The molecule has 0 radical (unpaired) electrons. The summed E-state index contributed by atoms with van der Waals surface area (Å²) in [5, 5.41) is 16.4. The lowest BCUT2D eigenvalue weighted by Gasteiger charge is -2.30. The Morgan fingerprint density at radius 3 is 2.71 bits per heavy atom. The van der Waals surface area contributed by atoms with Crippen LogP contribution in [0.3, 0.4) is 0 Å². The first-order valence-electron chi connectivity index (χ1n) is 7.25. The molecule has 0 amide bonds. The summed E-state index contributed by atoms with van der Waals surface area (Å²) in [5.74, 6) is 0.494. The second kappa shape index (κ2) is 8.77. The van der Waals surface area contributed by atoms with Crippen LogP contribution in [0.15, 0.2) is 35.1 Å². The highest BCUT2D eigenvalue weighted by molar-refractivity contribution is 5.85. The van der Waals surface area contributed by atoms with Gasteiger partial charge in [0.2, 0.25) is 5.95 Å². The standard InChI is InChI=1S/C15H19N5O2.2ClH/c16-15-19-13-12(14(22)20-15)18-10(8-17-13)11(21)7-6-9-4-2-1-3-5-9;;/h1-5,10-11,18,21H,6-8H2,(H4,16,17,19,20,22);2*1H/t10-,11-;;/m1../s1. The average molecular weight is 374 g/mol. The number of anilines is 3. The Bertz CT molecular complexity index is 711. The second-order valence-electron chi connectivity index (χ2n) is 5.40. The van der Waals surface area contributed by atoms with Gasteiger partial charge in [-0.2, -0.15) is 4.98 Å². The summed E-state index contributed by atoms with van der Waals surface area (Å²) in [5.41, 5.74) is 6.67. The molecule has 7 nitrogen and oxygen atoms in total. The predicted octanol–water partition coefficient (Wildman–Crippen LogP) is 1.40. The Hall–Kier alpha value is -1.96. The van der Waals surface area contributed by atoms with E-state index < -0.39 is 6.10 Å². The maximum atomic E-state index is 11.9. The summed E-state index contributed by atoms with van der Waals surface area (Å²) in [6.45, 7) is 0.485. The monoisotopic (exact) mass is 373 g/mol. The lowest BCUT2D eigenvalue weighted by Crippen LogP contribution is -2.45. The van der Waals surface area contributed by atoms with Gasteiger partial charge in [0.25, 0.3) is 5.56 Å². The molecule has 132 valence electrons. The first kappa shape index (κ1) is 20.1. The van der Waals surface area contributed by atoms with Gasteiger partial charge < -0.3 is 21.5 Å². The maximum absolute atomic E-state index is 11.9. The summed E-state index contributed by atoms with van der Waals surface area (Å²) in [6.07, 6.45) is 0.820. The van der Waals surface area contributed by atoms with Crippen molar-refractivity contribution in [2.75, 3.05) is 22.9 Å². The number of aliphatic hydroxyl groups is 1. The minimum atomic E-state index is -0.571. The molecule has 0 saturated carbocycles. The summed E-state index contributed by atoms with van der Waals surface area (Å²) >= 11 is 0. The van der Waals surface area contributed by atoms with Crippen LogP contribution in [0.25, 0.3) is 0 Å². The molecule has 0 bridgehead atoms. The van der Waals surface area contributed by atoms with Gasteiger partial charge in [0.05, 0.1) is 12.1 Å². The van der Waals surface area contributed by atoms with Gasteiger partial charge >= 0.3 is 0 Å². The van der Waals surface area contributed by atoms with E-state index in [0.717, 1.165) is 6.42 Å². The van der Waals surface area contributed by atoms with Gasteiger partial charge in [0, 0.05) is 6.54 Å². The maximum Gasteiger partial charge on any atom is 0.277 e. The summed E-state index contributed by atoms with van der Waals surface area (Å²) in [7, 11) is 0. The van der Waals surface area contributed by atoms with Crippen LogP contribution in [0.2, 0.25) is 0 Å². The van der Waals surface area contributed by atoms with Crippen LogP contribution in [-0.2, 0) is 6.42 Å². The number of aliphatic hydroxyl groups excluding tert-OH is 1. The van der Waals surface area contributed by atoms with E-state index >= 15 is 0 Å². The van der Waals surface area contributed by atoms with Crippen LogP contribution in [0.4, 0.5) is 17.5 Å². The molecule has 0 spiro atoms. The summed E-state index contributed by atoms with van der Waals surface area (Å²) in [6, 6.07) is 9.75. The SMILES string of the molecule is Cl.Cl.Nc1nc2c(c(=O)[nH]1)N[C@@H]([C@H](O)CCc1ccccc1)CN2. The number of H-pyrrole nitrogens is 1. The molecule has 1 aromatic carbocycles. The molecular weight excluding hydrogens is 353 g/mol. The fourth-order valence-electron chi connectivity index (χ4n) is 2.59. The fourth-order valence-corrected chi connectivity index (χ4v) is 2.59. The van der Waals surface area contributed by atoms with E-state index in [1.54, 1.807) is 0 Å². The van der Waals surface area contributed by atoms with Crippen molar-refractivity contribution in [1.29, 1.82) is 0 Å². The number of nitrogens with one attached hydrogen (secondary N) is 3. The normalized spacial score (nSPS) is 16.5. The molecule has 0 unspecified atom stereocenters. The van der Waals surface area contributed by atoms with Gasteiger partial charge in [-0.3, -0.25) is 9.78 Å². The van der Waals surface area contributed by atoms with Gasteiger partial charge in [-0.05, 0) is 18.4 Å². The number of nitrogens with two attached hydrogens (primary N) is 1. The smallest absolute Gasteiger partial charge is 0.277 e. The Labute approximate surface area is 151 Å². The molecule has 3 rings (SSSR count). The van der Waals surface area contributed by atoms with Gasteiger partial charge in [-0.15, -0.1) is 24.8 Å². The third-order valence-corrected chi connectivity index (χ3v) is 3.79. The number of rotatable bonds is 4. The molecule has 2 atom stereocenters. The topological polar surface area (TPSA) is 116 Å². The Kier molecular flexibility index (Phi) is 7.34. The first-order chi connectivity index (χ1) is 10.6. The molecular formula is C15H21Cl2N5O2. The van der Waals surface area contributed by atoms with Crippen molar-refractivity contribution in [3.05, 3.63) is 46.2 Å². The number of nitrogens with zero attached hydrogens (tertiary/aromatic N) is 1. The van der Waals surface area contributed by atoms with Crippen molar-refractivity contribution in [1.82, 2.24) is 9.97 Å². The molecule has 1 aliphatic heterocycles. The molecule has 0 aliphatic carbocycles. The number of fused-ring (bicyclic) bond motifs is 1. The lowest BCUT2D eigenvalue weighted by atomic mass is 10.0. The second-order valence-corrected chi connectivity index (χ2v) is 5.40. The number of aryl methyl sites for hydroxylation is 1. The van der Waals surface area contributed by atoms with Crippen molar-refractivity contribution in [2.45, 2.75) is 25.0 Å². The van der Waals surface area contributed by atoms with Crippen LogP contribution in [-0.4, -0.2) is 33.8 Å². The summed E-state index contributed by atoms with van der Waals surface area (Å²) in [4.78, 5) is 18.3. The Morgan fingerprint density at radius 2 is 2.00 bits per heavy atom. The number of halogens is 2. The quantitative estimate of drug-likeness (QED) is 0.553. The highest BCUT2D eigenvalue weighted by Crippen LogP contribution is 2.22. The zero-order valence-electron chi connectivity index (χ0n) is 12.9. The van der Waals surface area contributed by atoms with E-state index in [9.17, 15) is 9.90 Å². The van der Waals surface area contributed by atoms with E-state index in [1.807, 2.05) is 30.3 Å². The van der Waals surface area contributed by atoms with Crippen molar-refractivity contribution in [2.24, 2.45) is 0 Å². The largest absolute Gasteiger partial charge is 0.391 e. The fraction of sp³-hybridized carbons (Fsp3) is 0.333. The van der Waals surface area contributed by atoms with Crippen LogP contribution >= 0.6 is 24.8 Å². The van der Waals surface area contributed by atoms with Gasteiger partial charge in [0.1, 0.15) is 5.69 Å². The average Bonchev–Trinajstić information content (AvgIpc) is 2.53. The molecule has 2 aromatic rings. The molecule has 24 heavy (non-hydrogen) atoms. The van der Waals surface area contributed by atoms with Crippen LogP contribution < -0.4 is 21.9 Å². The highest BCUT2D eigenvalue weighted by atomic mass is 35.5. The number of benzene rings is 1. The number of aromatic amines is 1. The van der Waals surface area contributed by atoms with Gasteiger partial charge in [-0.25, -0.2) is 0 Å². The molecule has 2 heterocycles. The van der Waals surface area contributed by atoms with Crippen molar-refractivity contribution in [3.63, 3.8) is 0 Å². The Balaban J connectivity index is 0.00000144. The van der Waals surface area contributed by atoms with Crippen LogP contribution in [0, 0.1) is 0 Å². The summed E-state index contributed by atoms with van der Waals surface area (Å²) < 4.78 is 0. The third kappa shape index (κ3) is 4.53. The lowest BCUT2D eigenvalue weighted by molar-refractivity contribution is 0.145. The zero-order valence-corrected chi connectivity index (χ0v) is 14.5. The molecule has 6 N–H and O–H groups in total. The minimum Gasteiger partial charge on any atom is -0.391 e. The van der Waals surface area contributed by atoms with Crippen molar-refractivity contribution >= 4 is 42.3 Å². The minimum absolute atomic E-state index is 0. The highest BCUT2D eigenvalue weighted by Gasteiger charge is 2.26. The number of aromatic nitrogens is 2. The van der Waals surface area contributed by atoms with E-state index in [4.69, 9.17) is 5.73 Å². The van der Waals surface area contributed by atoms with E-state index in [1.165, 1.54) is 5.56 Å². The predicted molar refractivity (Wildman–Crippen MR) is 100 cm³/mol. The molecule has 9 heteroatoms. The van der Waals surface area contributed by atoms with Gasteiger partial charge in [0.15, 0.2) is 5.82 Å². The zero-order chi connectivity index (χ0) is 15.5.